The quantitative estimate of drug-likeness (QED) is 0.303. The smallest absolute Gasteiger partial charge is 0.581 e. The van der Waals surface area contributed by atoms with Gasteiger partial charge in [0, 0.05) is 0 Å². The second kappa shape index (κ2) is 1.69. The van der Waals surface area contributed by atoms with Gasteiger partial charge in [0.2, 0.25) is 6.33 Å². The molecule has 48 valence electrons. The molecule has 1 aromatic rings. The van der Waals surface area contributed by atoms with Crippen molar-refractivity contribution in [3.8, 4) is 0 Å². The maximum Gasteiger partial charge on any atom is 0.581 e. The Bertz CT molecular complexity index is 204. The first kappa shape index (κ1) is 5.48. The van der Waals surface area contributed by atoms with Crippen LogP contribution in [0.15, 0.2) is 6.33 Å². The highest BCUT2D eigenvalue weighted by atomic mass is 16.5. The summed E-state index contributed by atoms with van der Waals surface area (Å²) >= 11 is 0. The highest BCUT2D eigenvalue weighted by Gasteiger charge is 2.08. The van der Waals surface area contributed by atoms with E-state index < -0.39 is 5.95 Å². The third-order valence-electron chi connectivity index (χ3n) is 0.705. The summed E-state index contributed by atoms with van der Waals surface area (Å²) in [6.45, 7) is 0. The number of hydrogen-bond acceptors (Lipinski definition) is 5. The third kappa shape index (κ3) is 0.784. The second-order valence-corrected chi connectivity index (χ2v) is 1.25. The Hall–Kier alpha value is -1.66. The van der Waals surface area contributed by atoms with E-state index in [1.165, 1.54) is 0 Å². The van der Waals surface area contributed by atoms with Crippen LogP contribution >= 0.6 is 0 Å². The number of hydrogen-bond donors (Lipinski definition) is 1. The lowest BCUT2D eigenvalue weighted by molar-refractivity contribution is -0.782. The Labute approximate surface area is 49.5 Å². The minimum absolute atomic E-state index is 0.0139. The summed E-state index contributed by atoms with van der Waals surface area (Å²) < 4.78 is 0. The van der Waals surface area contributed by atoms with Gasteiger partial charge in [0.1, 0.15) is 0 Å². The molecule has 0 saturated carbocycles. The van der Waals surface area contributed by atoms with E-state index in [0.717, 1.165) is 6.33 Å². The number of rotatable bonds is 0. The van der Waals surface area contributed by atoms with Crippen molar-refractivity contribution in [1.29, 1.82) is 0 Å². The first-order chi connectivity index (χ1) is 4.22. The van der Waals surface area contributed by atoms with Gasteiger partial charge < -0.3 is 10.4 Å². The largest absolute Gasteiger partial charge is 0.654 e. The molecule has 7 heteroatoms. The number of aromatic nitrogens is 4. The summed E-state index contributed by atoms with van der Waals surface area (Å²) in [7, 11) is 0. The summed E-state index contributed by atoms with van der Waals surface area (Å²) in [6, 6.07) is 0. The molecule has 0 radical (unpaired) electrons. The molecule has 0 aliphatic heterocycles. The topological polar surface area (TPSA) is 106 Å². The van der Waals surface area contributed by atoms with E-state index in [0.29, 0.717) is 0 Å². The van der Waals surface area contributed by atoms with Crippen LogP contribution in [0, 0.1) is 10.4 Å². The van der Waals surface area contributed by atoms with E-state index in [1.807, 2.05) is 0 Å². The van der Waals surface area contributed by atoms with Crippen molar-refractivity contribution >= 4 is 5.95 Å². The molecular formula is C2H3N5O2. The summed E-state index contributed by atoms with van der Waals surface area (Å²) in [4.78, 5) is -0.0278. The Kier molecular flexibility index (Phi) is 1.03. The third-order valence-corrected chi connectivity index (χ3v) is 0.705. The SMILES string of the molecule is Nc1[n+]([O-])ncn[n+]1[O-]. The summed E-state index contributed by atoms with van der Waals surface area (Å²) in [5, 5.41) is 26.6. The molecular weight excluding hydrogens is 126 g/mol. The molecule has 0 atom stereocenters. The highest BCUT2D eigenvalue weighted by molar-refractivity contribution is 4.90. The average Bonchev–Trinajstić information content (AvgIpc) is 1.83. The molecule has 9 heavy (non-hydrogen) atoms. The molecule has 1 aromatic heterocycles. The van der Waals surface area contributed by atoms with Gasteiger partial charge in [0.15, 0.2) is 0 Å². The van der Waals surface area contributed by atoms with Crippen molar-refractivity contribution in [2.24, 2.45) is 0 Å². The monoisotopic (exact) mass is 129 g/mol. The van der Waals surface area contributed by atoms with Crippen LogP contribution in [0.1, 0.15) is 0 Å². The lowest BCUT2D eigenvalue weighted by Gasteiger charge is -1.97. The Morgan fingerprint density at radius 1 is 1.33 bits per heavy atom. The maximum atomic E-state index is 10.3. The Morgan fingerprint density at radius 2 is 1.78 bits per heavy atom. The van der Waals surface area contributed by atoms with Gasteiger partial charge >= 0.3 is 5.95 Å². The van der Waals surface area contributed by atoms with Crippen molar-refractivity contribution in [1.82, 2.24) is 10.2 Å². The lowest BCUT2D eigenvalue weighted by Crippen LogP contribution is -2.50. The van der Waals surface area contributed by atoms with Gasteiger partial charge in [-0.05, 0) is 19.9 Å². The molecule has 0 bridgehead atoms. The molecule has 1 heterocycles. The van der Waals surface area contributed by atoms with Crippen LogP contribution in [-0.4, -0.2) is 10.2 Å². The standard InChI is InChI=1S/C2H3N5O2/c3-2-6(8)4-1-5-7(2)9/h1H,3H2. The van der Waals surface area contributed by atoms with Gasteiger partial charge in [-0.25, -0.2) is 5.73 Å². The van der Waals surface area contributed by atoms with E-state index in [-0.39, 0.29) is 9.69 Å². The van der Waals surface area contributed by atoms with Gasteiger partial charge in [0.25, 0.3) is 0 Å². The molecule has 0 aliphatic carbocycles. The molecule has 0 unspecified atom stereocenters. The number of nitrogens with zero attached hydrogens (tertiary/aromatic N) is 4. The molecule has 0 spiro atoms. The molecule has 0 amide bonds. The molecule has 0 saturated heterocycles. The van der Waals surface area contributed by atoms with Crippen LogP contribution in [0.4, 0.5) is 5.95 Å². The Balaban J connectivity index is 3.25. The van der Waals surface area contributed by atoms with Crippen LogP contribution in [0.2, 0.25) is 0 Å². The van der Waals surface area contributed by atoms with Crippen molar-refractivity contribution < 1.29 is 9.69 Å². The predicted octanol–water partition coefficient (Wildman–Crippen LogP) is -2.67. The highest BCUT2D eigenvalue weighted by Crippen LogP contribution is 1.68. The van der Waals surface area contributed by atoms with Gasteiger partial charge in [-0.15, -0.1) is 0 Å². The van der Waals surface area contributed by atoms with Gasteiger partial charge in [0.05, 0.1) is 0 Å². The predicted molar refractivity (Wildman–Crippen MR) is 24.4 cm³/mol. The zero-order valence-corrected chi connectivity index (χ0v) is 4.26. The normalized spacial score (nSPS) is 9.33. The van der Waals surface area contributed by atoms with Gasteiger partial charge in [-0.2, -0.15) is 0 Å². The molecule has 1 rings (SSSR count). The van der Waals surface area contributed by atoms with Crippen LogP contribution in [0.25, 0.3) is 0 Å². The first-order valence-electron chi connectivity index (χ1n) is 2.02. The minimum Gasteiger partial charge on any atom is -0.654 e. The van der Waals surface area contributed by atoms with E-state index in [1.54, 1.807) is 0 Å². The fourth-order valence-corrected chi connectivity index (χ4v) is 0.308. The van der Waals surface area contributed by atoms with Gasteiger partial charge in [-0.3, -0.25) is 0 Å². The van der Waals surface area contributed by atoms with Crippen molar-refractivity contribution in [3.05, 3.63) is 16.7 Å². The maximum absolute atomic E-state index is 10.3. The van der Waals surface area contributed by atoms with Gasteiger partial charge in [-0.1, -0.05) is 0 Å². The van der Waals surface area contributed by atoms with Crippen molar-refractivity contribution in [3.63, 3.8) is 0 Å². The second-order valence-electron chi connectivity index (χ2n) is 1.25. The molecule has 0 fully saturated rings. The summed E-state index contributed by atoms with van der Waals surface area (Å²) in [6.07, 6.45) is 0.816. The number of nitrogens with two attached hydrogens (primary N) is 1. The fraction of sp³-hybridized carbons (Fsp3) is 0. The van der Waals surface area contributed by atoms with E-state index >= 15 is 0 Å². The average molecular weight is 129 g/mol. The van der Waals surface area contributed by atoms with Crippen LogP contribution in [-0.2, 0) is 0 Å². The zero-order valence-electron chi connectivity index (χ0n) is 4.26. The summed E-state index contributed by atoms with van der Waals surface area (Å²) in [5.74, 6) is -0.586. The van der Waals surface area contributed by atoms with Crippen molar-refractivity contribution in [2.45, 2.75) is 0 Å². The zero-order chi connectivity index (χ0) is 6.85. The van der Waals surface area contributed by atoms with E-state index in [4.69, 9.17) is 5.73 Å². The molecule has 2 N–H and O–H groups in total. The lowest BCUT2D eigenvalue weighted by atomic mass is 11.1. The van der Waals surface area contributed by atoms with Crippen LogP contribution in [0.3, 0.4) is 0 Å². The van der Waals surface area contributed by atoms with Crippen molar-refractivity contribution in [2.75, 3.05) is 5.73 Å². The molecule has 0 aromatic carbocycles. The Morgan fingerprint density at radius 3 is 2.11 bits per heavy atom. The van der Waals surface area contributed by atoms with E-state index in [9.17, 15) is 10.4 Å². The molecule has 0 aliphatic rings. The van der Waals surface area contributed by atoms with Crippen LogP contribution < -0.4 is 15.4 Å². The van der Waals surface area contributed by atoms with E-state index in [2.05, 4.69) is 10.2 Å². The first-order valence-corrected chi connectivity index (χ1v) is 2.02. The number of nitrogen functional groups attached to an aromatic ring is 1. The minimum atomic E-state index is -0.586. The summed E-state index contributed by atoms with van der Waals surface area (Å²) in [5.41, 5.74) is 4.86. The number of anilines is 1. The van der Waals surface area contributed by atoms with Crippen LogP contribution in [0.5, 0.6) is 0 Å². The molecule has 7 nitrogen and oxygen atoms in total. The fourth-order valence-electron chi connectivity index (χ4n) is 0.308.